The number of amides is 1. The van der Waals surface area contributed by atoms with E-state index in [1.54, 1.807) is 13.8 Å². The van der Waals surface area contributed by atoms with Crippen molar-refractivity contribution in [1.29, 1.82) is 5.26 Å². The lowest BCUT2D eigenvalue weighted by molar-refractivity contribution is -0.137. The number of hydrogen-bond acceptors (Lipinski definition) is 6. The van der Waals surface area contributed by atoms with Crippen molar-refractivity contribution in [2.24, 2.45) is 0 Å². The van der Waals surface area contributed by atoms with E-state index in [2.05, 4.69) is 44.2 Å². The van der Waals surface area contributed by atoms with Gasteiger partial charge in [-0.15, -0.1) is 0 Å². The minimum atomic E-state index is -4.49. The first-order valence-corrected chi connectivity index (χ1v) is 13.8. The lowest BCUT2D eigenvalue weighted by Gasteiger charge is -2.36. The van der Waals surface area contributed by atoms with Crippen LogP contribution in [0.15, 0.2) is 24.3 Å². The zero-order chi connectivity index (χ0) is 26.6. The molecule has 0 radical (unpaired) electrons. The van der Waals surface area contributed by atoms with Gasteiger partial charge < -0.3 is 13.9 Å². The molecular weight excluding hydrogens is 479 g/mol. The van der Waals surface area contributed by atoms with E-state index in [-0.39, 0.29) is 34.5 Å². The van der Waals surface area contributed by atoms with E-state index in [1.165, 1.54) is 0 Å². The number of carbonyl (C=O) groups excluding carboxylic acids is 1. The van der Waals surface area contributed by atoms with Crippen LogP contribution in [0.5, 0.6) is 11.6 Å². The van der Waals surface area contributed by atoms with Crippen LogP contribution in [0.1, 0.15) is 43.2 Å². The molecule has 2 aromatic rings. The molecule has 1 aromatic heterocycles. The molecule has 1 amide bonds. The van der Waals surface area contributed by atoms with Crippen LogP contribution in [0.4, 0.5) is 23.7 Å². The SMILES string of the molecule is Cc1nc(OC(=O)Nc2ccc(C(F)(F)F)cc2)c(C#N)c(OCCO[Si](C)(C)C(C)(C)C)c1C. The minimum Gasteiger partial charge on any atom is -0.489 e. The zero-order valence-corrected chi connectivity index (χ0v) is 21.9. The van der Waals surface area contributed by atoms with Gasteiger partial charge >= 0.3 is 12.3 Å². The molecule has 0 atom stereocenters. The summed E-state index contributed by atoms with van der Waals surface area (Å²) in [4.78, 5) is 16.5. The summed E-state index contributed by atoms with van der Waals surface area (Å²) in [7, 11) is -1.97. The van der Waals surface area contributed by atoms with Crippen LogP contribution in [0.3, 0.4) is 0 Å². The predicted octanol–water partition coefficient (Wildman–Crippen LogP) is 6.60. The molecule has 7 nitrogen and oxygen atoms in total. The maximum Gasteiger partial charge on any atom is 0.418 e. The fraction of sp³-hybridized carbons (Fsp3) is 0.458. The number of carbonyl (C=O) groups is 1. The van der Waals surface area contributed by atoms with E-state index < -0.39 is 26.2 Å². The zero-order valence-electron chi connectivity index (χ0n) is 20.9. The Hall–Kier alpha value is -3.10. The van der Waals surface area contributed by atoms with Crippen molar-refractivity contribution in [2.75, 3.05) is 18.5 Å². The summed E-state index contributed by atoms with van der Waals surface area (Å²) in [6.45, 7) is 14.6. The van der Waals surface area contributed by atoms with Gasteiger partial charge in [-0.1, -0.05) is 20.8 Å². The molecule has 0 saturated heterocycles. The van der Waals surface area contributed by atoms with Crippen molar-refractivity contribution < 1.29 is 31.9 Å². The van der Waals surface area contributed by atoms with Crippen molar-refractivity contribution in [3.8, 4) is 17.7 Å². The molecule has 0 saturated carbocycles. The van der Waals surface area contributed by atoms with Crippen molar-refractivity contribution >= 4 is 20.1 Å². The number of ether oxygens (including phenoxy) is 2. The molecule has 0 aliphatic rings. The Morgan fingerprint density at radius 3 is 2.23 bits per heavy atom. The number of benzene rings is 1. The van der Waals surface area contributed by atoms with E-state index in [4.69, 9.17) is 13.9 Å². The summed E-state index contributed by atoms with van der Waals surface area (Å²) in [5.74, 6) is -0.0310. The molecule has 1 N–H and O–H groups in total. The highest BCUT2D eigenvalue weighted by atomic mass is 28.4. The predicted molar refractivity (Wildman–Crippen MR) is 128 cm³/mol. The third-order valence-corrected chi connectivity index (χ3v) is 10.5. The van der Waals surface area contributed by atoms with Crippen molar-refractivity contribution in [3.63, 3.8) is 0 Å². The second-order valence-electron chi connectivity index (χ2n) is 9.49. The van der Waals surface area contributed by atoms with Crippen LogP contribution < -0.4 is 14.8 Å². The highest BCUT2D eigenvalue weighted by Gasteiger charge is 2.37. The highest BCUT2D eigenvalue weighted by molar-refractivity contribution is 6.74. The van der Waals surface area contributed by atoms with Gasteiger partial charge in [0.1, 0.15) is 18.4 Å². The van der Waals surface area contributed by atoms with Crippen LogP contribution in [0, 0.1) is 25.2 Å². The summed E-state index contributed by atoms with van der Waals surface area (Å²) >= 11 is 0. The first kappa shape index (κ1) is 28.1. The highest BCUT2D eigenvalue weighted by Crippen LogP contribution is 2.37. The number of rotatable bonds is 7. The number of hydrogen-bond donors (Lipinski definition) is 1. The van der Waals surface area contributed by atoms with Crippen LogP contribution in [0.25, 0.3) is 0 Å². The number of aryl methyl sites for hydroxylation is 1. The molecular formula is C24H30F3N3O4Si. The van der Waals surface area contributed by atoms with Gasteiger partial charge in [-0.25, -0.2) is 9.78 Å². The molecule has 0 unspecified atom stereocenters. The monoisotopic (exact) mass is 509 g/mol. The molecule has 0 aliphatic carbocycles. The van der Waals surface area contributed by atoms with Crippen molar-refractivity contribution in [3.05, 3.63) is 46.6 Å². The van der Waals surface area contributed by atoms with Gasteiger partial charge in [0.25, 0.3) is 0 Å². The molecule has 0 spiro atoms. The Morgan fingerprint density at radius 2 is 1.71 bits per heavy atom. The number of nitriles is 1. The maximum atomic E-state index is 12.7. The number of halogens is 3. The molecule has 2 rings (SSSR count). The second-order valence-corrected chi connectivity index (χ2v) is 14.3. The largest absolute Gasteiger partial charge is 0.489 e. The summed E-state index contributed by atoms with van der Waals surface area (Å²) < 4.78 is 55.3. The lowest BCUT2D eigenvalue weighted by atomic mass is 10.1. The third-order valence-electron chi connectivity index (χ3n) is 5.95. The first-order chi connectivity index (χ1) is 16.1. The Kier molecular flexibility index (Phi) is 8.57. The molecule has 0 bridgehead atoms. The normalized spacial score (nSPS) is 12.1. The molecule has 190 valence electrons. The second kappa shape index (κ2) is 10.7. The number of pyridine rings is 1. The van der Waals surface area contributed by atoms with Crippen molar-refractivity contribution in [1.82, 2.24) is 4.98 Å². The average molecular weight is 510 g/mol. The Labute approximate surface area is 204 Å². The van der Waals surface area contributed by atoms with Gasteiger partial charge in [-0.2, -0.15) is 18.4 Å². The standard InChI is InChI=1S/C24H30F3N3O4Si/c1-15-16(2)29-21(34-22(31)30-18-10-8-17(9-11-18)24(25,26)27)19(14-28)20(15)32-12-13-33-35(6,7)23(3,4)5/h8-11H,12-13H2,1-7H3,(H,30,31). The Morgan fingerprint density at radius 1 is 1.11 bits per heavy atom. The van der Waals surface area contributed by atoms with E-state index in [1.807, 2.05) is 6.07 Å². The molecule has 0 aliphatic heterocycles. The topological polar surface area (TPSA) is 93.5 Å². The number of aromatic nitrogens is 1. The number of anilines is 1. The summed E-state index contributed by atoms with van der Waals surface area (Å²) in [5.41, 5.74) is 0.275. The Bertz CT molecular complexity index is 1110. The number of nitrogens with zero attached hydrogens (tertiary/aromatic N) is 2. The quantitative estimate of drug-likeness (QED) is 0.334. The van der Waals surface area contributed by atoms with E-state index in [0.717, 1.165) is 24.3 Å². The smallest absolute Gasteiger partial charge is 0.418 e. The molecule has 35 heavy (non-hydrogen) atoms. The van der Waals surface area contributed by atoms with Gasteiger partial charge in [0, 0.05) is 16.9 Å². The van der Waals surface area contributed by atoms with Crippen LogP contribution in [0.2, 0.25) is 18.1 Å². The maximum absolute atomic E-state index is 12.7. The van der Waals surface area contributed by atoms with E-state index in [9.17, 15) is 23.2 Å². The van der Waals surface area contributed by atoms with Gasteiger partial charge in [-0.05, 0) is 56.2 Å². The van der Waals surface area contributed by atoms with Crippen LogP contribution in [-0.2, 0) is 10.6 Å². The fourth-order valence-corrected chi connectivity index (χ4v) is 3.75. The number of alkyl halides is 3. The summed E-state index contributed by atoms with van der Waals surface area (Å²) in [6.07, 6.45) is -5.50. The minimum absolute atomic E-state index is 0.0371. The lowest BCUT2D eigenvalue weighted by Crippen LogP contribution is -2.41. The number of nitrogens with one attached hydrogen (secondary N) is 1. The molecule has 11 heteroatoms. The molecule has 0 fully saturated rings. The van der Waals surface area contributed by atoms with Gasteiger partial charge in [0.05, 0.1) is 12.2 Å². The summed E-state index contributed by atoms with van der Waals surface area (Å²) in [6, 6.07) is 5.82. The van der Waals surface area contributed by atoms with Crippen LogP contribution >= 0.6 is 0 Å². The van der Waals surface area contributed by atoms with Crippen LogP contribution in [-0.4, -0.2) is 32.6 Å². The molecule has 1 heterocycles. The van der Waals surface area contributed by atoms with Crippen molar-refractivity contribution in [2.45, 2.75) is 58.9 Å². The van der Waals surface area contributed by atoms with Gasteiger partial charge in [0.15, 0.2) is 13.9 Å². The van der Waals surface area contributed by atoms with E-state index >= 15 is 0 Å². The van der Waals surface area contributed by atoms with Gasteiger partial charge in [-0.3, -0.25) is 5.32 Å². The third kappa shape index (κ3) is 7.19. The fourth-order valence-electron chi connectivity index (χ4n) is 2.72. The molecule has 1 aromatic carbocycles. The van der Waals surface area contributed by atoms with Gasteiger partial charge in [0.2, 0.25) is 5.88 Å². The summed E-state index contributed by atoms with van der Waals surface area (Å²) in [5, 5.41) is 12.1. The average Bonchev–Trinajstić information content (AvgIpc) is 2.73. The Balaban J connectivity index is 2.14. The van der Waals surface area contributed by atoms with E-state index in [0.29, 0.717) is 17.9 Å². The first-order valence-electron chi connectivity index (χ1n) is 10.9.